The van der Waals surface area contributed by atoms with E-state index in [9.17, 15) is 14.7 Å². The Kier molecular flexibility index (Phi) is 5.20. The van der Waals surface area contributed by atoms with Gasteiger partial charge in [0.05, 0.1) is 5.92 Å². The molecule has 0 heterocycles. The van der Waals surface area contributed by atoms with E-state index >= 15 is 0 Å². The normalized spacial score (nSPS) is 16.4. The highest BCUT2D eigenvalue weighted by molar-refractivity contribution is 5.79. The summed E-state index contributed by atoms with van der Waals surface area (Å²) in [5.74, 6) is -1.64. The average Bonchev–Trinajstić information content (AvgIpc) is 3.01. The van der Waals surface area contributed by atoms with E-state index in [2.05, 4.69) is 5.32 Å². The summed E-state index contributed by atoms with van der Waals surface area (Å²) in [6.45, 7) is 0.106. The van der Waals surface area contributed by atoms with Crippen LogP contribution in [0.15, 0.2) is 30.3 Å². The number of carboxylic acid groups (broad SMARTS) is 1. The Balaban J connectivity index is 1.92. The lowest BCUT2D eigenvalue weighted by Gasteiger charge is -2.25. The summed E-state index contributed by atoms with van der Waals surface area (Å²) in [7, 11) is 1.78. The first kappa shape index (κ1) is 15.4. The predicted octanol–water partition coefficient (Wildman–Crippen LogP) is 2.44. The summed E-state index contributed by atoms with van der Waals surface area (Å²) >= 11 is 0. The molecular formula is C16H22N2O3. The van der Waals surface area contributed by atoms with E-state index in [1.54, 1.807) is 36.2 Å². The van der Waals surface area contributed by atoms with Gasteiger partial charge in [-0.05, 0) is 18.4 Å². The fraction of sp³-hybridized carbons (Fsp3) is 0.500. The van der Waals surface area contributed by atoms with Crippen molar-refractivity contribution < 1.29 is 14.7 Å². The Morgan fingerprint density at radius 2 is 1.90 bits per heavy atom. The molecule has 2 rings (SSSR count). The zero-order chi connectivity index (χ0) is 15.2. The van der Waals surface area contributed by atoms with Gasteiger partial charge in [0.2, 0.25) is 0 Å². The van der Waals surface area contributed by atoms with E-state index in [1.165, 1.54) is 0 Å². The van der Waals surface area contributed by atoms with Crippen LogP contribution in [-0.4, -0.2) is 41.6 Å². The van der Waals surface area contributed by atoms with Gasteiger partial charge in [-0.25, -0.2) is 4.79 Å². The second-order valence-electron chi connectivity index (χ2n) is 5.54. The minimum atomic E-state index is -0.926. The minimum Gasteiger partial charge on any atom is -0.481 e. The second kappa shape index (κ2) is 7.11. The standard InChI is InChI=1S/C16H22N2O3/c1-18(13-9-5-6-10-13)16(21)17-11-14(15(19)20)12-7-3-2-4-8-12/h2-4,7-8,13-14H,5-6,9-11H2,1H3,(H,17,21)(H,19,20). The van der Waals surface area contributed by atoms with Crippen molar-refractivity contribution in [1.82, 2.24) is 10.2 Å². The Labute approximate surface area is 125 Å². The van der Waals surface area contributed by atoms with Gasteiger partial charge >= 0.3 is 12.0 Å². The van der Waals surface area contributed by atoms with Crippen LogP contribution < -0.4 is 5.32 Å². The van der Waals surface area contributed by atoms with Gasteiger partial charge in [0.15, 0.2) is 0 Å². The molecule has 0 spiro atoms. The molecule has 0 aromatic heterocycles. The molecule has 5 heteroatoms. The lowest BCUT2D eigenvalue weighted by molar-refractivity contribution is -0.138. The van der Waals surface area contributed by atoms with E-state index in [0.29, 0.717) is 5.56 Å². The molecule has 1 unspecified atom stereocenters. The molecule has 1 atom stereocenters. The molecule has 1 aromatic rings. The van der Waals surface area contributed by atoms with Gasteiger partial charge in [-0.1, -0.05) is 43.2 Å². The number of carboxylic acids is 1. The fourth-order valence-corrected chi connectivity index (χ4v) is 2.80. The minimum absolute atomic E-state index is 0.106. The first-order valence-electron chi connectivity index (χ1n) is 7.38. The topological polar surface area (TPSA) is 69.6 Å². The van der Waals surface area contributed by atoms with Crippen molar-refractivity contribution in [2.75, 3.05) is 13.6 Å². The molecule has 1 fully saturated rings. The average molecular weight is 290 g/mol. The van der Waals surface area contributed by atoms with Gasteiger partial charge in [0, 0.05) is 19.6 Å². The van der Waals surface area contributed by atoms with Crippen LogP contribution in [0.3, 0.4) is 0 Å². The van der Waals surface area contributed by atoms with Crippen molar-refractivity contribution in [3.63, 3.8) is 0 Å². The van der Waals surface area contributed by atoms with E-state index in [0.717, 1.165) is 25.7 Å². The number of urea groups is 1. The number of nitrogens with one attached hydrogen (secondary N) is 1. The van der Waals surface area contributed by atoms with Crippen molar-refractivity contribution in [2.24, 2.45) is 0 Å². The quantitative estimate of drug-likeness (QED) is 0.875. The SMILES string of the molecule is CN(C(=O)NCC(C(=O)O)c1ccccc1)C1CCCC1. The van der Waals surface area contributed by atoms with E-state index in [1.807, 2.05) is 6.07 Å². The molecule has 1 aliphatic carbocycles. The first-order chi connectivity index (χ1) is 10.1. The highest BCUT2D eigenvalue weighted by Crippen LogP contribution is 2.22. The van der Waals surface area contributed by atoms with E-state index in [4.69, 9.17) is 0 Å². The highest BCUT2D eigenvalue weighted by Gasteiger charge is 2.25. The van der Waals surface area contributed by atoms with E-state index in [-0.39, 0.29) is 18.6 Å². The maximum Gasteiger partial charge on any atom is 0.317 e. The maximum atomic E-state index is 12.1. The van der Waals surface area contributed by atoms with Crippen LogP contribution in [0.5, 0.6) is 0 Å². The monoisotopic (exact) mass is 290 g/mol. The number of aliphatic carboxylic acids is 1. The molecule has 2 N–H and O–H groups in total. The van der Waals surface area contributed by atoms with E-state index < -0.39 is 11.9 Å². The highest BCUT2D eigenvalue weighted by atomic mass is 16.4. The Morgan fingerprint density at radius 1 is 1.29 bits per heavy atom. The summed E-state index contributed by atoms with van der Waals surface area (Å²) in [5.41, 5.74) is 0.703. The third-order valence-electron chi connectivity index (χ3n) is 4.15. The van der Waals surface area contributed by atoms with Crippen molar-refractivity contribution >= 4 is 12.0 Å². The number of nitrogens with zero attached hydrogens (tertiary/aromatic N) is 1. The zero-order valence-corrected chi connectivity index (χ0v) is 12.3. The van der Waals surface area contributed by atoms with Gasteiger partial charge in [-0.2, -0.15) is 0 Å². The number of carbonyl (C=O) groups excluding carboxylic acids is 1. The van der Waals surface area contributed by atoms with Gasteiger partial charge < -0.3 is 15.3 Å². The molecule has 2 amide bonds. The van der Waals surface area contributed by atoms with Crippen LogP contribution in [-0.2, 0) is 4.79 Å². The molecule has 1 aliphatic rings. The third-order valence-corrected chi connectivity index (χ3v) is 4.15. The van der Waals surface area contributed by atoms with Crippen LogP contribution in [0.4, 0.5) is 4.79 Å². The fourth-order valence-electron chi connectivity index (χ4n) is 2.80. The van der Waals surface area contributed by atoms with Crippen LogP contribution >= 0.6 is 0 Å². The molecule has 1 aromatic carbocycles. The molecule has 114 valence electrons. The van der Waals surface area contributed by atoms with Crippen molar-refractivity contribution in [3.05, 3.63) is 35.9 Å². The van der Waals surface area contributed by atoms with Gasteiger partial charge in [0.1, 0.15) is 0 Å². The summed E-state index contributed by atoms with van der Waals surface area (Å²) < 4.78 is 0. The molecule has 0 radical (unpaired) electrons. The van der Waals surface area contributed by atoms with Crippen LogP contribution in [0.2, 0.25) is 0 Å². The van der Waals surface area contributed by atoms with Gasteiger partial charge in [-0.3, -0.25) is 4.79 Å². The Morgan fingerprint density at radius 3 is 2.48 bits per heavy atom. The molecule has 1 saturated carbocycles. The number of hydrogen-bond acceptors (Lipinski definition) is 2. The number of rotatable bonds is 5. The summed E-state index contributed by atoms with van der Waals surface area (Å²) in [6, 6.07) is 9.08. The molecule has 5 nitrogen and oxygen atoms in total. The Bertz CT molecular complexity index is 484. The number of benzene rings is 1. The molecule has 0 saturated heterocycles. The van der Waals surface area contributed by atoms with Crippen LogP contribution in [0.25, 0.3) is 0 Å². The van der Waals surface area contributed by atoms with Gasteiger partial charge in [-0.15, -0.1) is 0 Å². The number of carbonyl (C=O) groups is 2. The zero-order valence-electron chi connectivity index (χ0n) is 12.3. The van der Waals surface area contributed by atoms with Crippen molar-refractivity contribution in [2.45, 2.75) is 37.6 Å². The summed E-state index contributed by atoms with van der Waals surface area (Å²) in [4.78, 5) is 25.2. The maximum absolute atomic E-state index is 12.1. The van der Waals surface area contributed by atoms with Crippen molar-refractivity contribution in [3.8, 4) is 0 Å². The van der Waals surface area contributed by atoms with Crippen LogP contribution in [0.1, 0.15) is 37.2 Å². The summed E-state index contributed by atoms with van der Waals surface area (Å²) in [5, 5.41) is 12.1. The Hall–Kier alpha value is -2.04. The lowest BCUT2D eigenvalue weighted by Crippen LogP contribution is -2.44. The molecule has 0 aliphatic heterocycles. The number of amides is 2. The van der Waals surface area contributed by atoms with Crippen molar-refractivity contribution in [1.29, 1.82) is 0 Å². The molecule has 0 bridgehead atoms. The smallest absolute Gasteiger partial charge is 0.317 e. The van der Waals surface area contributed by atoms with Crippen LogP contribution in [0, 0.1) is 0 Å². The van der Waals surface area contributed by atoms with Gasteiger partial charge in [0.25, 0.3) is 0 Å². The summed E-state index contributed by atoms with van der Waals surface area (Å²) in [6.07, 6.45) is 4.38. The molecular weight excluding hydrogens is 268 g/mol. The molecule has 21 heavy (non-hydrogen) atoms. The predicted molar refractivity (Wildman–Crippen MR) is 80.2 cm³/mol. The number of hydrogen-bond donors (Lipinski definition) is 2. The third kappa shape index (κ3) is 3.97. The largest absolute Gasteiger partial charge is 0.481 e. The second-order valence-corrected chi connectivity index (χ2v) is 5.54. The first-order valence-corrected chi connectivity index (χ1v) is 7.38. The lowest BCUT2D eigenvalue weighted by atomic mass is 9.99.